The maximum atomic E-state index is 13.0. The minimum Gasteiger partial charge on any atom is -0.468 e. The van der Waals surface area contributed by atoms with Gasteiger partial charge >= 0.3 is 11.9 Å². The summed E-state index contributed by atoms with van der Waals surface area (Å²) >= 11 is 5.94. The van der Waals surface area contributed by atoms with Crippen LogP contribution in [0.4, 0.5) is 0 Å². The Morgan fingerprint density at radius 1 is 0.732 bits per heavy atom. The molecule has 0 bridgehead atoms. The Bertz CT molecular complexity index is 2700. The third-order valence-electron chi connectivity index (χ3n) is 10.6. The van der Waals surface area contributed by atoms with Gasteiger partial charge in [-0.25, -0.2) is 4.79 Å². The van der Waals surface area contributed by atoms with E-state index in [-0.39, 0.29) is 35.8 Å². The molecule has 0 saturated carbocycles. The molecule has 6 aromatic rings. The number of methoxy groups -OCH3 is 2. The van der Waals surface area contributed by atoms with Crippen LogP contribution in [-0.2, 0) is 36.7 Å². The summed E-state index contributed by atoms with van der Waals surface area (Å²) in [5.74, 6) is -0.445. The highest BCUT2D eigenvalue weighted by Gasteiger charge is 2.44. The van der Waals surface area contributed by atoms with E-state index in [1.807, 2.05) is 54.6 Å². The Kier molecular flexibility index (Phi) is 8.03. The van der Waals surface area contributed by atoms with Crippen molar-refractivity contribution in [2.75, 3.05) is 33.6 Å². The first-order valence-corrected chi connectivity index (χ1v) is 18.3. The van der Waals surface area contributed by atoms with Crippen molar-refractivity contribution < 1.29 is 48.3 Å². The number of aromatic amines is 2. The van der Waals surface area contributed by atoms with Crippen LogP contribution in [0, 0.1) is 0 Å². The Hall–Kier alpha value is -6.18. The van der Waals surface area contributed by atoms with Crippen LogP contribution < -0.4 is 24.3 Å². The van der Waals surface area contributed by atoms with Gasteiger partial charge in [-0.15, -0.1) is 11.6 Å². The first-order valence-electron chi connectivity index (χ1n) is 19.8. The molecule has 13 nitrogen and oxygen atoms in total. The summed E-state index contributed by atoms with van der Waals surface area (Å²) in [7, 11) is 2.67. The van der Waals surface area contributed by atoms with E-state index in [1.165, 1.54) is 19.1 Å². The fourth-order valence-corrected chi connectivity index (χ4v) is 8.21. The van der Waals surface area contributed by atoms with Gasteiger partial charge in [0.2, 0.25) is 19.4 Å². The molecule has 0 spiro atoms. The van der Waals surface area contributed by atoms with Gasteiger partial charge < -0.3 is 43.3 Å². The van der Waals surface area contributed by atoms with Crippen molar-refractivity contribution >= 4 is 51.3 Å². The third kappa shape index (κ3) is 6.03. The van der Waals surface area contributed by atoms with Gasteiger partial charge in [-0.2, -0.15) is 0 Å². The highest BCUT2D eigenvalue weighted by atomic mass is 35.5. The number of amides is 1. The molecule has 0 unspecified atom stereocenters. The van der Waals surface area contributed by atoms with Gasteiger partial charge in [-0.05, 0) is 58.7 Å². The number of alkyl halides is 1. The smallest absolute Gasteiger partial charge is 0.328 e. The molecule has 14 heteroatoms. The molecule has 3 N–H and O–H groups in total. The largest absolute Gasteiger partial charge is 0.468 e. The van der Waals surface area contributed by atoms with Crippen LogP contribution in [0.25, 0.3) is 21.8 Å². The highest BCUT2D eigenvalue weighted by molar-refractivity contribution is 6.27. The van der Waals surface area contributed by atoms with Gasteiger partial charge in [-0.1, -0.05) is 48.5 Å². The van der Waals surface area contributed by atoms with E-state index >= 15 is 0 Å². The molecular formula is C42H37ClN4O9. The first-order chi connectivity index (χ1) is 28.8. The number of H-pyrrole nitrogens is 2. The first kappa shape index (κ1) is 31.1. The Morgan fingerprint density at radius 3 is 1.91 bits per heavy atom. The van der Waals surface area contributed by atoms with E-state index in [4.69, 9.17) is 45.5 Å². The number of rotatable bonds is 5. The van der Waals surface area contributed by atoms with E-state index < -0.39 is 43.5 Å². The molecule has 4 atom stereocenters. The van der Waals surface area contributed by atoms with E-state index in [0.29, 0.717) is 23.5 Å². The number of ether oxygens (including phenoxy) is 6. The lowest BCUT2D eigenvalue weighted by Gasteiger charge is -2.40. The average molecular weight is 781 g/mol. The van der Waals surface area contributed by atoms with Crippen LogP contribution in [0.3, 0.4) is 0 Å². The quantitative estimate of drug-likeness (QED) is 0.144. The second-order valence-electron chi connectivity index (χ2n) is 13.6. The lowest BCUT2D eigenvalue weighted by atomic mass is 9.87. The fourth-order valence-electron chi connectivity index (χ4n) is 8.07. The zero-order valence-electron chi connectivity index (χ0n) is 34.0. The maximum Gasteiger partial charge on any atom is 0.328 e. The Morgan fingerprint density at radius 2 is 1.29 bits per heavy atom. The van der Waals surface area contributed by atoms with Crippen LogP contribution in [0.15, 0.2) is 84.9 Å². The predicted octanol–water partition coefficient (Wildman–Crippen LogP) is 5.82. The summed E-state index contributed by atoms with van der Waals surface area (Å²) in [5, 5.41) is 5.39. The standard InChI is InChI=1S/C22H19ClN2O5.C20H18N2O4/c1-28-22(27)16-9-14-13-4-2-3-5-15(13)24-20(14)21(25(16)19(26)10-23)12-6-7-17-18(8-12)30-11-29-17;1-24-20(23)15-9-13-12-4-2-3-5-14(12)21-19(13)18(22-15)11-6-7-16-17(8-11)26-10-25-16/h2-8,16,21,24H,9-11H2,1H3;2-8,15,18,21-22H,9-10H2,1H3/t16-,21-;15-,18-/m11/s1/i11D2;10D2. The molecule has 286 valence electrons. The normalized spacial score (nSPS) is 23.0. The fraction of sp³-hybridized carbons (Fsp3) is 0.262. The van der Waals surface area contributed by atoms with Crippen molar-refractivity contribution in [3.05, 3.63) is 119 Å². The van der Waals surface area contributed by atoms with Crippen molar-refractivity contribution in [1.29, 1.82) is 0 Å². The number of hydrogen-bond acceptors (Lipinski definition) is 10. The zero-order valence-corrected chi connectivity index (χ0v) is 30.8. The molecule has 4 aliphatic rings. The number of benzene rings is 4. The van der Waals surface area contributed by atoms with Gasteiger partial charge in [0.05, 0.1) is 26.3 Å². The minimum absolute atomic E-state index is 0.212. The van der Waals surface area contributed by atoms with Crippen molar-refractivity contribution in [3.63, 3.8) is 0 Å². The number of fused-ring (bicyclic) bond motifs is 8. The molecule has 4 aliphatic heterocycles. The van der Waals surface area contributed by atoms with Crippen molar-refractivity contribution in [1.82, 2.24) is 20.2 Å². The lowest BCUT2D eigenvalue weighted by Crippen LogP contribution is -2.52. The number of para-hydroxylation sites is 2. The molecule has 0 radical (unpaired) electrons. The number of hydrogen-bond donors (Lipinski definition) is 3. The Balaban J connectivity index is 0.000000155. The van der Waals surface area contributed by atoms with Crippen molar-refractivity contribution in [2.24, 2.45) is 0 Å². The number of carbonyl (C=O) groups excluding carboxylic acids is 3. The second-order valence-corrected chi connectivity index (χ2v) is 13.8. The molecule has 0 saturated heterocycles. The molecule has 6 heterocycles. The monoisotopic (exact) mass is 780 g/mol. The number of nitrogens with one attached hydrogen (secondary N) is 3. The summed E-state index contributed by atoms with van der Waals surface area (Å²) in [5.41, 5.74) is 7.04. The van der Waals surface area contributed by atoms with Crippen molar-refractivity contribution in [2.45, 2.75) is 37.0 Å². The van der Waals surface area contributed by atoms with Crippen LogP contribution in [0.1, 0.15) is 51.2 Å². The Labute approximate surface area is 331 Å². The second kappa shape index (κ2) is 14.5. The number of aromatic nitrogens is 2. The summed E-state index contributed by atoms with van der Waals surface area (Å²) in [6, 6.07) is 23.5. The molecule has 0 aliphatic carbocycles. The third-order valence-corrected chi connectivity index (χ3v) is 10.8. The van der Waals surface area contributed by atoms with Gasteiger partial charge in [0.1, 0.15) is 23.4 Å². The molecule has 2 aromatic heterocycles. The van der Waals surface area contributed by atoms with Crippen LogP contribution in [-0.4, -0.2) is 78.4 Å². The SMILES string of the molecule is [2H]C1([2H])Oc2ccc([C@@H]3c4[nH]c5ccccc5c4C[C@H](C(=O)OC)N3C(=O)CCl)cc2O1.[2H]C1([2H])Oc2ccc([C@H]3N[C@@H](C(=O)OC)Cc4c3[nH]c3ccccc43)cc2O1. The topological polar surface area (TPSA) is 153 Å². The van der Waals surface area contributed by atoms with E-state index in [9.17, 15) is 14.4 Å². The zero-order chi connectivity index (χ0) is 42.1. The summed E-state index contributed by atoms with van der Waals surface area (Å²) in [4.78, 5) is 46.3. The van der Waals surface area contributed by atoms with Crippen LogP contribution >= 0.6 is 11.6 Å². The van der Waals surface area contributed by atoms with Gasteiger partial charge in [0.25, 0.3) is 0 Å². The number of nitrogens with zero attached hydrogens (tertiary/aromatic N) is 1. The molecular weight excluding hydrogens is 740 g/mol. The van der Waals surface area contributed by atoms with Gasteiger partial charge in [0, 0.05) is 46.0 Å². The number of esters is 2. The molecule has 10 rings (SSSR count). The molecule has 1 amide bonds. The molecule has 56 heavy (non-hydrogen) atoms. The van der Waals surface area contributed by atoms with E-state index in [2.05, 4.69) is 15.3 Å². The minimum atomic E-state index is -2.28. The van der Waals surface area contributed by atoms with Gasteiger partial charge in [0.15, 0.2) is 23.0 Å². The summed E-state index contributed by atoms with van der Waals surface area (Å²) in [6.45, 7) is -4.46. The van der Waals surface area contributed by atoms with E-state index in [0.717, 1.165) is 49.9 Å². The number of carbonyl (C=O) groups is 3. The lowest BCUT2D eigenvalue weighted by molar-refractivity contribution is -0.154. The number of halogens is 1. The molecule has 4 aromatic carbocycles. The van der Waals surface area contributed by atoms with Gasteiger partial charge in [-0.3, -0.25) is 14.9 Å². The molecule has 0 fully saturated rings. The van der Waals surface area contributed by atoms with E-state index in [1.54, 1.807) is 30.3 Å². The van der Waals surface area contributed by atoms with Crippen molar-refractivity contribution in [3.8, 4) is 23.0 Å². The summed E-state index contributed by atoms with van der Waals surface area (Å²) < 4.78 is 61.5. The average Bonchev–Trinajstić information content (AvgIpc) is 3.98. The predicted molar refractivity (Wildman–Crippen MR) is 205 cm³/mol. The van der Waals surface area contributed by atoms with Crippen LogP contribution in [0.5, 0.6) is 23.0 Å². The van der Waals surface area contributed by atoms with Crippen LogP contribution in [0.2, 0.25) is 0 Å². The summed E-state index contributed by atoms with van der Waals surface area (Å²) in [6.07, 6.45) is 0.799. The maximum absolute atomic E-state index is 13.0. The highest BCUT2D eigenvalue weighted by Crippen LogP contribution is 2.44.